The number of hydrogen-bond donors (Lipinski definition) is 0. The van der Waals surface area contributed by atoms with Crippen molar-refractivity contribution in [2.24, 2.45) is 0 Å². The lowest BCUT2D eigenvalue weighted by Crippen LogP contribution is -2.09. The monoisotopic (exact) mass is 245 g/mol. The molecule has 0 atom stereocenters. The Hall–Kier alpha value is -1.48. The molecular weight excluding hydrogens is 230 g/mol. The first-order valence-electron chi connectivity index (χ1n) is 5.63. The second kappa shape index (κ2) is 5.23. The van der Waals surface area contributed by atoms with Crippen LogP contribution < -0.4 is 4.90 Å². The number of carbonyl (C=O) groups is 1. The first kappa shape index (κ1) is 12.0. The molecule has 0 spiro atoms. The number of carbonyl (C=O) groups excluding carboxylic acids is 1. The van der Waals surface area contributed by atoms with Gasteiger partial charge in [-0.15, -0.1) is 0 Å². The molecule has 0 aromatic heterocycles. The standard InChI is InChI=1S/C14H15NOS/c1-3-13-9-11(14(16)17-13)10-15(2)12-7-5-4-6-8-12/h4-10H,3H2,1-2H3/b11-10-. The molecule has 0 unspecified atom stereocenters. The first-order chi connectivity index (χ1) is 8.20. The van der Waals surface area contributed by atoms with Crippen molar-refractivity contribution < 1.29 is 4.79 Å². The number of hydrogen-bond acceptors (Lipinski definition) is 3. The SMILES string of the molecule is CCC1=C/C(=C/N(C)c2ccccc2)C(=O)S1. The van der Waals surface area contributed by atoms with Crippen LogP contribution in [0, 0.1) is 0 Å². The first-order valence-corrected chi connectivity index (χ1v) is 6.45. The third-order valence-electron chi connectivity index (χ3n) is 2.62. The highest BCUT2D eigenvalue weighted by atomic mass is 32.2. The van der Waals surface area contributed by atoms with Crippen molar-refractivity contribution in [3.8, 4) is 0 Å². The fourth-order valence-electron chi connectivity index (χ4n) is 1.65. The molecule has 0 amide bonds. The maximum absolute atomic E-state index is 11.7. The van der Waals surface area contributed by atoms with Crippen molar-refractivity contribution >= 4 is 22.6 Å². The minimum atomic E-state index is 0.143. The molecule has 0 aliphatic carbocycles. The zero-order chi connectivity index (χ0) is 12.3. The highest BCUT2D eigenvalue weighted by Crippen LogP contribution is 2.32. The Kier molecular flexibility index (Phi) is 3.69. The van der Waals surface area contributed by atoms with Crippen LogP contribution >= 0.6 is 11.8 Å². The zero-order valence-electron chi connectivity index (χ0n) is 10.0. The van der Waals surface area contributed by atoms with Crippen LogP contribution in [0.2, 0.25) is 0 Å². The Morgan fingerprint density at radius 3 is 2.59 bits per heavy atom. The normalized spacial score (nSPS) is 17.4. The van der Waals surface area contributed by atoms with Crippen LogP contribution in [0.1, 0.15) is 13.3 Å². The van der Waals surface area contributed by atoms with Gasteiger partial charge < -0.3 is 4.90 Å². The van der Waals surface area contributed by atoms with Crippen LogP contribution in [0.25, 0.3) is 0 Å². The molecule has 0 fully saturated rings. The van der Waals surface area contributed by atoms with Crippen molar-refractivity contribution in [1.82, 2.24) is 0 Å². The van der Waals surface area contributed by atoms with Crippen LogP contribution in [0.4, 0.5) is 5.69 Å². The van der Waals surface area contributed by atoms with E-state index in [0.29, 0.717) is 0 Å². The molecular formula is C14H15NOS. The number of para-hydroxylation sites is 1. The lowest BCUT2D eigenvalue weighted by atomic mass is 10.2. The molecule has 2 rings (SSSR count). The Bertz CT molecular complexity index is 476. The third-order valence-corrected chi connectivity index (χ3v) is 3.71. The largest absolute Gasteiger partial charge is 0.350 e. The zero-order valence-corrected chi connectivity index (χ0v) is 10.8. The molecule has 0 radical (unpaired) electrons. The molecule has 1 aliphatic rings. The molecule has 3 heteroatoms. The summed E-state index contributed by atoms with van der Waals surface area (Å²) in [5.74, 6) is 0. The van der Waals surface area contributed by atoms with Gasteiger partial charge in [-0.25, -0.2) is 0 Å². The fourth-order valence-corrected chi connectivity index (χ4v) is 2.45. The Balaban J connectivity index is 2.20. The summed E-state index contributed by atoms with van der Waals surface area (Å²) < 4.78 is 0. The fraction of sp³-hybridized carbons (Fsp3) is 0.214. The number of nitrogens with zero attached hydrogens (tertiary/aromatic N) is 1. The van der Waals surface area contributed by atoms with E-state index in [1.165, 1.54) is 11.8 Å². The maximum atomic E-state index is 11.7. The number of rotatable bonds is 3. The third kappa shape index (κ3) is 2.80. The van der Waals surface area contributed by atoms with Crippen LogP contribution in [0.15, 0.2) is 53.1 Å². The minimum absolute atomic E-state index is 0.143. The van der Waals surface area contributed by atoms with E-state index in [-0.39, 0.29) is 5.12 Å². The summed E-state index contributed by atoms with van der Waals surface area (Å²) in [7, 11) is 1.96. The topological polar surface area (TPSA) is 20.3 Å². The molecule has 0 saturated carbocycles. The molecule has 0 bridgehead atoms. The molecule has 2 nitrogen and oxygen atoms in total. The summed E-state index contributed by atoms with van der Waals surface area (Å²) in [6, 6.07) is 10.0. The molecule has 0 saturated heterocycles. The lowest BCUT2D eigenvalue weighted by Gasteiger charge is -2.14. The second-order valence-electron chi connectivity index (χ2n) is 3.88. The van der Waals surface area contributed by atoms with Gasteiger partial charge in [0.2, 0.25) is 5.12 Å². The van der Waals surface area contributed by atoms with Crippen molar-refractivity contribution in [3.05, 3.63) is 53.1 Å². The summed E-state index contributed by atoms with van der Waals surface area (Å²) >= 11 is 1.34. The van der Waals surface area contributed by atoms with Gasteiger partial charge in [0.25, 0.3) is 0 Å². The number of benzene rings is 1. The van der Waals surface area contributed by atoms with Gasteiger partial charge in [-0.1, -0.05) is 36.9 Å². The van der Waals surface area contributed by atoms with Gasteiger partial charge in [0.05, 0.1) is 0 Å². The van der Waals surface area contributed by atoms with Crippen LogP contribution in [-0.4, -0.2) is 12.2 Å². The maximum Gasteiger partial charge on any atom is 0.225 e. The van der Waals surface area contributed by atoms with Crippen molar-refractivity contribution in [1.29, 1.82) is 0 Å². The van der Waals surface area contributed by atoms with Crippen LogP contribution in [0.5, 0.6) is 0 Å². The highest BCUT2D eigenvalue weighted by molar-refractivity contribution is 8.17. The van der Waals surface area contributed by atoms with E-state index in [9.17, 15) is 4.79 Å². The van der Waals surface area contributed by atoms with Gasteiger partial charge in [-0.2, -0.15) is 0 Å². The average molecular weight is 245 g/mol. The molecule has 1 heterocycles. The molecule has 0 N–H and O–H groups in total. The average Bonchev–Trinajstić information content (AvgIpc) is 2.71. The highest BCUT2D eigenvalue weighted by Gasteiger charge is 2.19. The lowest BCUT2D eigenvalue weighted by molar-refractivity contribution is -0.107. The Morgan fingerprint density at radius 1 is 1.29 bits per heavy atom. The van der Waals surface area contributed by atoms with Gasteiger partial charge in [-0.3, -0.25) is 4.79 Å². The number of anilines is 1. The van der Waals surface area contributed by atoms with E-state index in [1.807, 2.05) is 54.6 Å². The second-order valence-corrected chi connectivity index (χ2v) is 4.98. The minimum Gasteiger partial charge on any atom is -0.350 e. The van der Waals surface area contributed by atoms with Gasteiger partial charge in [0.1, 0.15) is 0 Å². The van der Waals surface area contributed by atoms with E-state index in [2.05, 4.69) is 6.92 Å². The number of thioether (sulfide) groups is 1. The van der Waals surface area contributed by atoms with E-state index < -0.39 is 0 Å². The predicted molar refractivity (Wildman–Crippen MR) is 73.9 cm³/mol. The van der Waals surface area contributed by atoms with E-state index >= 15 is 0 Å². The van der Waals surface area contributed by atoms with Crippen molar-refractivity contribution in [3.63, 3.8) is 0 Å². The Labute approximate surface area is 106 Å². The molecule has 1 aliphatic heterocycles. The smallest absolute Gasteiger partial charge is 0.225 e. The molecule has 88 valence electrons. The van der Waals surface area contributed by atoms with Crippen molar-refractivity contribution in [2.45, 2.75) is 13.3 Å². The predicted octanol–water partition coefficient (Wildman–Crippen LogP) is 3.57. The molecule has 1 aromatic carbocycles. The summed E-state index contributed by atoms with van der Waals surface area (Å²) in [5.41, 5.74) is 1.86. The summed E-state index contributed by atoms with van der Waals surface area (Å²) in [4.78, 5) is 14.8. The van der Waals surface area contributed by atoms with Crippen LogP contribution in [-0.2, 0) is 4.79 Å². The summed E-state index contributed by atoms with van der Waals surface area (Å²) in [6.45, 7) is 2.07. The Morgan fingerprint density at radius 2 is 2.00 bits per heavy atom. The summed E-state index contributed by atoms with van der Waals surface area (Å²) in [5, 5.41) is 0.143. The van der Waals surface area contributed by atoms with Gasteiger partial charge in [0, 0.05) is 24.5 Å². The molecule has 1 aromatic rings. The van der Waals surface area contributed by atoms with Gasteiger partial charge >= 0.3 is 0 Å². The van der Waals surface area contributed by atoms with E-state index in [0.717, 1.165) is 22.6 Å². The van der Waals surface area contributed by atoms with Gasteiger partial charge in [-0.05, 0) is 29.5 Å². The van der Waals surface area contributed by atoms with Crippen LogP contribution in [0.3, 0.4) is 0 Å². The van der Waals surface area contributed by atoms with E-state index in [1.54, 1.807) is 0 Å². The number of allylic oxidation sites excluding steroid dienone is 2. The quantitative estimate of drug-likeness (QED) is 0.759. The van der Waals surface area contributed by atoms with E-state index in [4.69, 9.17) is 0 Å². The van der Waals surface area contributed by atoms with Gasteiger partial charge in [0.15, 0.2) is 0 Å². The summed E-state index contributed by atoms with van der Waals surface area (Å²) in [6.07, 6.45) is 4.79. The molecule has 17 heavy (non-hydrogen) atoms. The van der Waals surface area contributed by atoms with Crippen molar-refractivity contribution in [2.75, 3.05) is 11.9 Å².